The van der Waals surface area contributed by atoms with Crippen LogP contribution in [0.25, 0.3) is 0 Å². The number of nitrogens with zero attached hydrogens (tertiary/aromatic N) is 3. The molecule has 0 aliphatic heterocycles. The minimum atomic E-state index is -0.468. The summed E-state index contributed by atoms with van der Waals surface area (Å²) in [5.41, 5.74) is 2.31. The average molecular weight is 413 g/mol. The van der Waals surface area contributed by atoms with Crippen LogP contribution in [0.4, 0.5) is 10.3 Å². The Labute approximate surface area is 180 Å². The van der Waals surface area contributed by atoms with Crippen molar-refractivity contribution in [3.63, 3.8) is 0 Å². The van der Waals surface area contributed by atoms with Gasteiger partial charge in [-0.05, 0) is 23.3 Å². The summed E-state index contributed by atoms with van der Waals surface area (Å²) in [6, 6.07) is 28.1. The number of halogens is 1. The predicted molar refractivity (Wildman–Crippen MR) is 115 cm³/mol. The van der Waals surface area contributed by atoms with Crippen LogP contribution in [0.15, 0.2) is 89.3 Å². The Morgan fingerprint density at radius 3 is 2.03 bits per heavy atom. The van der Waals surface area contributed by atoms with Crippen molar-refractivity contribution < 1.29 is 13.5 Å². The van der Waals surface area contributed by atoms with Crippen LogP contribution in [0.2, 0.25) is 0 Å². The van der Waals surface area contributed by atoms with Gasteiger partial charge in [0.05, 0.1) is 0 Å². The van der Waals surface area contributed by atoms with Gasteiger partial charge in [0.1, 0.15) is 6.07 Å². The molecular formula is C25H20FN3O2. The highest BCUT2D eigenvalue weighted by atomic mass is 19.1. The van der Waals surface area contributed by atoms with Crippen LogP contribution in [0, 0.1) is 17.1 Å². The van der Waals surface area contributed by atoms with Gasteiger partial charge in [-0.1, -0.05) is 72.8 Å². The number of oxazole rings is 1. The van der Waals surface area contributed by atoms with E-state index in [4.69, 9.17) is 9.15 Å². The average Bonchev–Trinajstić information content (AvgIpc) is 3.23. The van der Waals surface area contributed by atoms with E-state index in [1.54, 1.807) is 12.1 Å². The maximum atomic E-state index is 13.8. The summed E-state index contributed by atoms with van der Waals surface area (Å²) in [6.07, 6.45) is 0. The molecule has 0 unspecified atom stereocenters. The molecule has 6 heteroatoms. The zero-order chi connectivity index (χ0) is 21.5. The van der Waals surface area contributed by atoms with Gasteiger partial charge in [-0.15, -0.1) is 0 Å². The first-order chi connectivity index (χ1) is 15.2. The van der Waals surface area contributed by atoms with Crippen molar-refractivity contribution in [1.29, 1.82) is 5.26 Å². The van der Waals surface area contributed by atoms with E-state index in [-0.39, 0.29) is 23.9 Å². The van der Waals surface area contributed by atoms with Crippen molar-refractivity contribution in [2.45, 2.75) is 19.7 Å². The molecule has 0 N–H and O–H groups in total. The minimum Gasteiger partial charge on any atom is -0.481 e. The summed E-state index contributed by atoms with van der Waals surface area (Å²) >= 11 is 0. The lowest BCUT2D eigenvalue weighted by Crippen LogP contribution is -2.22. The first kappa shape index (κ1) is 20.2. The monoisotopic (exact) mass is 413 g/mol. The molecule has 0 atom stereocenters. The van der Waals surface area contributed by atoms with Gasteiger partial charge in [0.2, 0.25) is 17.5 Å². The Bertz CT molecular complexity index is 1130. The molecule has 0 saturated carbocycles. The standard InChI is InChI=1S/C25H20FN3O2/c26-21-13-7-8-14-23(21)30-18-24-28-22(15-27)25(31-24)29(16-19-9-3-1-4-10-19)17-20-11-5-2-6-12-20/h1-14H,16-18H2. The first-order valence-corrected chi connectivity index (χ1v) is 9.83. The smallest absolute Gasteiger partial charge is 0.236 e. The summed E-state index contributed by atoms with van der Waals surface area (Å²) in [6.45, 7) is 0.987. The van der Waals surface area contributed by atoms with Crippen LogP contribution in [0.5, 0.6) is 5.75 Å². The third-order valence-electron chi connectivity index (χ3n) is 4.67. The van der Waals surface area contributed by atoms with Crippen molar-refractivity contribution >= 4 is 5.88 Å². The minimum absolute atomic E-state index is 0.0832. The number of benzene rings is 3. The molecule has 0 amide bonds. The molecule has 31 heavy (non-hydrogen) atoms. The van der Waals surface area contributed by atoms with E-state index < -0.39 is 5.82 Å². The van der Waals surface area contributed by atoms with E-state index in [1.165, 1.54) is 12.1 Å². The van der Waals surface area contributed by atoms with E-state index in [9.17, 15) is 9.65 Å². The van der Waals surface area contributed by atoms with Crippen LogP contribution in [0.3, 0.4) is 0 Å². The van der Waals surface area contributed by atoms with Crippen molar-refractivity contribution in [1.82, 2.24) is 4.98 Å². The second kappa shape index (κ2) is 9.59. The number of rotatable bonds is 8. The first-order valence-electron chi connectivity index (χ1n) is 9.83. The third-order valence-corrected chi connectivity index (χ3v) is 4.67. The largest absolute Gasteiger partial charge is 0.481 e. The van der Waals surface area contributed by atoms with Gasteiger partial charge >= 0.3 is 0 Å². The highest BCUT2D eigenvalue weighted by Gasteiger charge is 2.21. The zero-order valence-electron chi connectivity index (χ0n) is 16.7. The summed E-state index contributed by atoms with van der Waals surface area (Å²) in [5, 5.41) is 9.64. The maximum absolute atomic E-state index is 13.8. The zero-order valence-corrected chi connectivity index (χ0v) is 16.7. The van der Waals surface area contributed by atoms with E-state index in [1.807, 2.05) is 65.6 Å². The van der Waals surface area contributed by atoms with Gasteiger partial charge in [-0.3, -0.25) is 0 Å². The van der Waals surface area contributed by atoms with Crippen LogP contribution in [-0.4, -0.2) is 4.98 Å². The van der Waals surface area contributed by atoms with Gasteiger partial charge < -0.3 is 14.1 Å². The molecule has 0 bridgehead atoms. The second-order valence-corrected chi connectivity index (χ2v) is 6.92. The third kappa shape index (κ3) is 5.09. The molecule has 0 aliphatic carbocycles. The maximum Gasteiger partial charge on any atom is 0.236 e. The quantitative estimate of drug-likeness (QED) is 0.383. The second-order valence-electron chi connectivity index (χ2n) is 6.92. The van der Waals surface area contributed by atoms with E-state index in [0.29, 0.717) is 19.0 Å². The van der Waals surface area contributed by atoms with Crippen molar-refractivity contribution in [2.24, 2.45) is 0 Å². The van der Waals surface area contributed by atoms with E-state index >= 15 is 0 Å². The topological polar surface area (TPSA) is 62.3 Å². The molecule has 0 fully saturated rings. The highest BCUT2D eigenvalue weighted by molar-refractivity contribution is 5.49. The number of para-hydroxylation sites is 1. The molecular weight excluding hydrogens is 393 g/mol. The predicted octanol–water partition coefficient (Wildman–Crippen LogP) is 5.47. The number of anilines is 1. The summed E-state index contributed by atoms with van der Waals surface area (Å²) in [7, 11) is 0. The molecule has 0 saturated heterocycles. The molecule has 1 aromatic heterocycles. The Morgan fingerprint density at radius 2 is 1.45 bits per heavy atom. The van der Waals surface area contributed by atoms with Crippen LogP contribution in [-0.2, 0) is 19.7 Å². The molecule has 1 heterocycles. The van der Waals surface area contributed by atoms with E-state index in [0.717, 1.165) is 11.1 Å². The fourth-order valence-electron chi connectivity index (χ4n) is 3.21. The lowest BCUT2D eigenvalue weighted by atomic mass is 10.1. The number of hydrogen-bond acceptors (Lipinski definition) is 5. The normalized spacial score (nSPS) is 10.5. The van der Waals surface area contributed by atoms with Gasteiger partial charge in [-0.25, -0.2) is 4.39 Å². The Kier molecular flexibility index (Phi) is 6.24. The van der Waals surface area contributed by atoms with Gasteiger partial charge in [-0.2, -0.15) is 10.2 Å². The van der Waals surface area contributed by atoms with Gasteiger partial charge in [0, 0.05) is 13.1 Å². The molecule has 0 aliphatic rings. The van der Waals surface area contributed by atoms with Gasteiger partial charge in [0.25, 0.3) is 0 Å². The molecule has 154 valence electrons. The van der Waals surface area contributed by atoms with Crippen molar-refractivity contribution in [2.75, 3.05) is 4.90 Å². The number of aromatic nitrogens is 1. The van der Waals surface area contributed by atoms with Gasteiger partial charge in [0.15, 0.2) is 18.2 Å². The molecule has 5 nitrogen and oxygen atoms in total. The molecule has 3 aromatic carbocycles. The molecule has 0 radical (unpaired) electrons. The van der Waals surface area contributed by atoms with E-state index in [2.05, 4.69) is 11.1 Å². The molecule has 0 spiro atoms. The highest BCUT2D eigenvalue weighted by Crippen LogP contribution is 2.27. The number of hydrogen-bond donors (Lipinski definition) is 0. The molecule has 4 aromatic rings. The van der Waals surface area contributed by atoms with Crippen molar-refractivity contribution in [3.05, 3.63) is 113 Å². The summed E-state index contributed by atoms with van der Waals surface area (Å²) in [4.78, 5) is 6.22. The van der Waals surface area contributed by atoms with Crippen LogP contribution >= 0.6 is 0 Å². The van der Waals surface area contributed by atoms with Crippen molar-refractivity contribution in [3.8, 4) is 11.8 Å². The Morgan fingerprint density at radius 1 is 0.871 bits per heavy atom. The SMILES string of the molecule is N#Cc1nc(COc2ccccc2F)oc1N(Cc1ccccc1)Cc1ccccc1. The Hall–Kier alpha value is -4.11. The molecule has 4 rings (SSSR count). The van der Waals surface area contributed by atoms with Crippen LogP contribution < -0.4 is 9.64 Å². The lowest BCUT2D eigenvalue weighted by molar-refractivity contribution is 0.252. The summed E-state index contributed by atoms with van der Waals surface area (Å²) < 4.78 is 25.2. The fraction of sp³-hybridized carbons (Fsp3) is 0.120. The summed E-state index contributed by atoms with van der Waals surface area (Å²) in [5.74, 6) is 0.207. The number of ether oxygens (including phenoxy) is 1. The number of nitriles is 1. The lowest BCUT2D eigenvalue weighted by Gasteiger charge is -2.22. The van der Waals surface area contributed by atoms with Crippen LogP contribution in [0.1, 0.15) is 22.7 Å². The fourth-order valence-corrected chi connectivity index (χ4v) is 3.21. The Balaban J connectivity index is 1.60.